The molecule has 5 N–H and O–H groups in total. The summed E-state index contributed by atoms with van der Waals surface area (Å²) in [6.07, 6.45) is 49.3. The summed E-state index contributed by atoms with van der Waals surface area (Å²) in [6.45, 7) is 4.05. The van der Waals surface area contributed by atoms with E-state index in [0.29, 0.717) is 19.3 Å². The normalized spacial score (nSPS) is 14.3. The molecule has 0 aromatic rings. The van der Waals surface area contributed by atoms with E-state index in [1.165, 1.54) is 173 Å². The van der Waals surface area contributed by atoms with Crippen molar-refractivity contribution < 1.29 is 25.2 Å². The molecule has 6 heteroatoms. The molecule has 54 heavy (non-hydrogen) atoms. The Hall–Kier alpha value is -1.21. The fourth-order valence-electron chi connectivity index (χ4n) is 7.36. The van der Waals surface area contributed by atoms with E-state index in [9.17, 15) is 25.2 Å². The van der Waals surface area contributed by atoms with E-state index in [1.54, 1.807) is 0 Å². The van der Waals surface area contributed by atoms with Gasteiger partial charge in [0.25, 0.3) is 0 Å². The van der Waals surface area contributed by atoms with E-state index in [4.69, 9.17) is 0 Å². The maximum absolute atomic E-state index is 12.5. The zero-order valence-corrected chi connectivity index (χ0v) is 36.0. The molecular formula is C48H93NO5. The first-order valence-corrected chi connectivity index (χ1v) is 23.7. The van der Waals surface area contributed by atoms with Crippen LogP contribution in [0.25, 0.3) is 0 Å². The first-order chi connectivity index (χ1) is 26.5. The average molecular weight is 764 g/mol. The Morgan fingerprint density at radius 2 is 0.778 bits per heavy atom. The van der Waals surface area contributed by atoms with Gasteiger partial charge in [-0.2, -0.15) is 0 Å². The minimum absolute atomic E-state index is 0.364. The van der Waals surface area contributed by atoms with Crippen molar-refractivity contribution >= 4 is 5.91 Å². The highest BCUT2D eigenvalue weighted by molar-refractivity contribution is 5.80. The lowest BCUT2D eigenvalue weighted by molar-refractivity contribution is -0.132. The van der Waals surface area contributed by atoms with Crippen molar-refractivity contribution in [2.75, 3.05) is 6.61 Å². The van der Waals surface area contributed by atoms with E-state index in [-0.39, 0.29) is 0 Å². The third-order valence-electron chi connectivity index (χ3n) is 11.1. The van der Waals surface area contributed by atoms with Gasteiger partial charge in [-0.05, 0) is 51.4 Å². The lowest BCUT2D eigenvalue weighted by atomic mass is 10.00. The largest absolute Gasteiger partial charge is 0.394 e. The molecule has 0 aromatic carbocycles. The number of aliphatic hydroxyl groups excluding tert-OH is 4. The van der Waals surface area contributed by atoms with Gasteiger partial charge in [-0.25, -0.2) is 0 Å². The number of unbranched alkanes of at least 4 members (excludes halogenated alkanes) is 30. The van der Waals surface area contributed by atoms with Crippen LogP contribution in [0.15, 0.2) is 24.3 Å². The SMILES string of the molecule is CCCCCCCCCCCCCCC/C=C/CC/C=C/CCCC(O)C(O)C(CO)NC(=O)C(O)CCCCCCCCCCCCCCCCCC. The minimum Gasteiger partial charge on any atom is -0.394 e. The highest BCUT2D eigenvalue weighted by atomic mass is 16.3. The predicted octanol–water partition coefficient (Wildman–Crippen LogP) is 12.7. The molecule has 0 saturated heterocycles. The molecule has 0 spiro atoms. The van der Waals surface area contributed by atoms with Crippen LogP contribution in [0.1, 0.15) is 245 Å². The van der Waals surface area contributed by atoms with Gasteiger partial charge in [-0.1, -0.05) is 218 Å². The molecule has 0 radical (unpaired) electrons. The van der Waals surface area contributed by atoms with Crippen LogP contribution in [-0.2, 0) is 4.79 Å². The minimum atomic E-state index is -1.29. The quantitative estimate of drug-likeness (QED) is 0.0314. The summed E-state index contributed by atoms with van der Waals surface area (Å²) in [6, 6.07) is -1.00. The molecule has 0 aliphatic rings. The average Bonchev–Trinajstić information content (AvgIpc) is 3.18. The van der Waals surface area contributed by atoms with Crippen molar-refractivity contribution in [2.24, 2.45) is 0 Å². The monoisotopic (exact) mass is 764 g/mol. The number of aliphatic hydroxyl groups is 4. The van der Waals surface area contributed by atoms with Gasteiger partial charge in [-0.15, -0.1) is 0 Å². The van der Waals surface area contributed by atoms with E-state index in [1.807, 2.05) is 0 Å². The summed E-state index contributed by atoms with van der Waals surface area (Å²) in [5.74, 6) is -0.595. The molecule has 0 aliphatic carbocycles. The smallest absolute Gasteiger partial charge is 0.249 e. The summed E-state index contributed by atoms with van der Waals surface area (Å²) < 4.78 is 0. The molecule has 0 aromatic heterocycles. The van der Waals surface area contributed by atoms with Crippen LogP contribution >= 0.6 is 0 Å². The van der Waals surface area contributed by atoms with Gasteiger partial charge in [0, 0.05) is 0 Å². The fraction of sp³-hybridized carbons (Fsp3) is 0.896. The molecule has 1 amide bonds. The van der Waals surface area contributed by atoms with Gasteiger partial charge in [-0.3, -0.25) is 4.79 Å². The second kappa shape index (κ2) is 42.9. The Kier molecular flexibility index (Phi) is 42.0. The van der Waals surface area contributed by atoms with E-state index >= 15 is 0 Å². The van der Waals surface area contributed by atoms with Crippen molar-refractivity contribution in [3.05, 3.63) is 24.3 Å². The Morgan fingerprint density at radius 1 is 0.444 bits per heavy atom. The molecule has 320 valence electrons. The third kappa shape index (κ3) is 36.4. The molecule has 0 bridgehead atoms. The van der Waals surface area contributed by atoms with Crippen LogP contribution < -0.4 is 5.32 Å². The van der Waals surface area contributed by atoms with Gasteiger partial charge in [0.15, 0.2) is 0 Å². The summed E-state index contributed by atoms with van der Waals surface area (Å²) in [5, 5.41) is 43.7. The van der Waals surface area contributed by atoms with Crippen molar-refractivity contribution in [3.8, 4) is 0 Å². The van der Waals surface area contributed by atoms with Gasteiger partial charge in [0.2, 0.25) is 5.91 Å². The maximum Gasteiger partial charge on any atom is 0.249 e. The second-order valence-corrected chi connectivity index (χ2v) is 16.4. The van der Waals surface area contributed by atoms with Crippen LogP contribution in [0, 0.1) is 0 Å². The first kappa shape index (κ1) is 52.8. The van der Waals surface area contributed by atoms with Gasteiger partial charge >= 0.3 is 0 Å². The second-order valence-electron chi connectivity index (χ2n) is 16.4. The first-order valence-electron chi connectivity index (χ1n) is 23.7. The predicted molar refractivity (Wildman–Crippen MR) is 233 cm³/mol. The fourth-order valence-corrected chi connectivity index (χ4v) is 7.36. The zero-order valence-electron chi connectivity index (χ0n) is 36.0. The van der Waals surface area contributed by atoms with Crippen molar-refractivity contribution in [2.45, 2.75) is 269 Å². The van der Waals surface area contributed by atoms with Crippen molar-refractivity contribution in [3.63, 3.8) is 0 Å². The molecule has 0 fully saturated rings. The number of amides is 1. The summed E-state index contributed by atoms with van der Waals surface area (Å²) >= 11 is 0. The number of hydrogen-bond donors (Lipinski definition) is 5. The summed E-state index contributed by atoms with van der Waals surface area (Å²) in [4.78, 5) is 12.5. The molecule has 6 nitrogen and oxygen atoms in total. The summed E-state index contributed by atoms with van der Waals surface area (Å²) in [7, 11) is 0. The topological polar surface area (TPSA) is 110 Å². The van der Waals surface area contributed by atoms with Gasteiger partial charge in [0.05, 0.1) is 18.8 Å². The maximum atomic E-state index is 12.5. The van der Waals surface area contributed by atoms with Crippen LogP contribution in [-0.4, -0.2) is 57.3 Å². The third-order valence-corrected chi connectivity index (χ3v) is 11.1. The Labute approximate surface area is 335 Å². The number of rotatable bonds is 43. The van der Waals surface area contributed by atoms with Gasteiger partial charge in [0.1, 0.15) is 12.2 Å². The number of allylic oxidation sites excluding steroid dienone is 4. The van der Waals surface area contributed by atoms with Crippen LogP contribution in [0.3, 0.4) is 0 Å². The van der Waals surface area contributed by atoms with E-state index in [0.717, 1.165) is 38.5 Å². The Morgan fingerprint density at radius 3 is 1.17 bits per heavy atom. The number of carbonyl (C=O) groups excluding carboxylic acids is 1. The highest BCUT2D eigenvalue weighted by Crippen LogP contribution is 2.16. The van der Waals surface area contributed by atoms with Crippen LogP contribution in [0.2, 0.25) is 0 Å². The van der Waals surface area contributed by atoms with Crippen LogP contribution in [0.5, 0.6) is 0 Å². The Bertz CT molecular complexity index is 817. The van der Waals surface area contributed by atoms with Crippen molar-refractivity contribution in [1.82, 2.24) is 5.32 Å². The zero-order chi connectivity index (χ0) is 39.6. The standard InChI is InChI=1S/C48H93NO5/c1-3-5-7-9-11-13-15-17-19-21-22-23-24-25-26-28-29-31-33-35-37-39-41-45(51)47(53)44(43-50)49-48(54)46(52)42-40-38-36-34-32-30-27-20-18-16-14-12-10-8-6-4-2/h26,28,33,35,44-47,50-53H,3-25,27,29-32,34,36-43H2,1-2H3,(H,49,54)/b28-26+,35-33+. The lowest BCUT2D eigenvalue weighted by Crippen LogP contribution is -2.53. The number of carbonyl (C=O) groups is 1. The molecule has 4 unspecified atom stereocenters. The molecule has 0 heterocycles. The van der Waals surface area contributed by atoms with Crippen molar-refractivity contribution in [1.29, 1.82) is 0 Å². The molecule has 0 aliphatic heterocycles. The van der Waals surface area contributed by atoms with E-state index in [2.05, 4.69) is 43.5 Å². The molecule has 4 atom stereocenters. The molecule has 0 saturated carbocycles. The highest BCUT2D eigenvalue weighted by Gasteiger charge is 2.28. The lowest BCUT2D eigenvalue weighted by Gasteiger charge is -2.27. The molecular weight excluding hydrogens is 671 g/mol. The van der Waals surface area contributed by atoms with Gasteiger partial charge < -0.3 is 25.7 Å². The number of nitrogens with one attached hydrogen (secondary N) is 1. The number of hydrogen-bond acceptors (Lipinski definition) is 5. The molecule has 0 rings (SSSR count). The summed E-state index contributed by atoms with van der Waals surface area (Å²) in [5.41, 5.74) is 0. The van der Waals surface area contributed by atoms with E-state index < -0.39 is 36.9 Å². The van der Waals surface area contributed by atoms with Crippen LogP contribution in [0.4, 0.5) is 0 Å². The Balaban J connectivity index is 3.75.